The second kappa shape index (κ2) is 4.03. The maximum absolute atomic E-state index is 2.58. The van der Waals surface area contributed by atoms with E-state index in [0.29, 0.717) is 10.8 Å². The predicted molar refractivity (Wildman–Crippen MR) is 71.4 cm³/mol. The Morgan fingerprint density at radius 3 is 2.31 bits per heavy atom. The average Bonchev–Trinajstić information content (AvgIpc) is 2.15. The van der Waals surface area contributed by atoms with Crippen molar-refractivity contribution in [1.29, 1.82) is 0 Å². The zero-order valence-corrected chi connectivity index (χ0v) is 12.0. The molecule has 2 rings (SSSR count). The number of hydrogen-bond acceptors (Lipinski definition) is 0. The van der Waals surface area contributed by atoms with Crippen molar-refractivity contribution in [3.8, 4) is 0 Å². The van der Waals surface area contributed by atoms with E-state index < -0.39 is 0 Å². The van der Waals surface area contributed by atoms with Crippen molar-refractivity contribution in [2.45, 2.75) is 73.1 Å². The zero-order valence-electron chi connectivity index (χ0n) is 12.0. The van der Waals surface area contributed by atoms with E-state index in [1.807, 2.05) is 0 Å². The fourth-order valence-corrected chi connectivity index (χ4v) is 4.68. The smallest absolute Gasteiger partial charge is 0.0292 e. The van der Waals surface area contributed by atoms with Crippen molar-refractivity contribution >= 4 is 0 Å². The molecule has 3 atom stereocenters. The molecule has 0 aliphatic heterocycles. The van der Waals surface area contributed by atoms with Crippen LogP contribution in [0.25, 0.3) is 0 Å². The quantitative estimate of drug-likeness (QED) is 0.566. The lowest BCUT2D eigenvalue weighted by Crippen LogP contribution is -2.46. The second-order valence-corrected chi connectivity index (χ2v) is 7.83. The van der Waals surface area contributed by atoms with Gasteiger partial charge in [-0.05, 0) is 60.7 Å². The lowest BCUT2D eigenvalue weighted by Gasteiger charge is -2.56. The van der Waals surface area contributed by atoms with Crippen molar-refractivity contribution in [3.63, 3.8) is 0 Å². The Labute approximate surface area is 102 Å². The first-order valence-electron chi connectivity index (χ1n) is 7.35. The van der Waals surface area contributed by atoms with Crippen LogP contribution in [0.5, 0.6) is 0 Å². The zero-order chi connectivity index (χ0) is 12.0. The summed E-state index contributed by atoms with van der Waals surface area (Å²) in [5.41, 5.74) is 1.27. The van der Waals surface area contributed by atoms with Gasteiger partial charge in [-0.1, -0.05) is 41.0 Å². The van der Waals surface area contributed by atoms with Crippen LogP contribution in [0.1, 0.15) is 73.1 Å². The first kappa shape index (κ1) is 12.5. The van der Waals surface area contributed by atoms with E-state index in [9.17, 15) is 0 Å². The number of hydrogen-bond donors (Lipinski definition) is 0. The molecule has 16 heavy (non-hydrogen) atoms. The summed E-state index contributed by atoms with van der Waals surface area (Å²) in [5.74, 6) is 2.87. The molecule has 0 nitrogen and oxygen atoms in total. The van der Waals surface area contributed by atoms with Crippen molar-refractivity contribution in [1.82, 2.24) is 0 Å². The summed E-state index contributed by atoms with van der Waals surface area (Å²) < 4.78 is 0. The van der Waals surface area contributed by atoms with Gasteiger partial charge in [0.15, 0.2) is 0 Å². The monoisotopic (exact) mass is 222 g/mol. The van der Waals surface area contributed by atoms with E-state index in [4.69, 9.17) is 0 Å². The van der Waals surface area contributed by atoms with Gasteiger partial charge in [0.1, 0.15) is 0 Å². The lowest BCUT2D eigenvalue weighted by atomic mass is 9.49. The highest BCUT2D eigenvalue weighted by atomic mass is 14.5. The molecule has 0 amide bonds. The third kappa shape index (κ3) is 2.05. The fraction of sp³-hybridized carbons (Fsp3) is 1.00. The van der Waals surface area contributed by atoms with E-state index in [1.54, 1.807) is 0 Å². The SMILES string of the molecule is CC(C)[C@@H]1CC[C@@]2(C)CCCC(C)(C)[C@@H]2C1. The Balaban J connectivity index is 2.18. The highest BCUT2D eigenvalue weighted by Crippen LogP contribution is 2.59. The molecule has 0 spiro atoms. The molecule has 0 unspecified atom stereocenters. The molecule has 0 aromatic carbocycles. The molecule has 0 N–H and O–H groups in total. The summed E-state index contributed by atoms with van der Waals surface area (Å²) in [7, 11) is 0. The minimum Gasteiger partial charge on any atom is -0.0625 e. The number of fused-ring (bicyclic) bond motifs is 1. The fourth-order valence-electron chi connectivity index (χ4n) is 4.68. The van der Waals surface area contributed by atoms with Crippen LogP contribution < -0.4 is 0 Å². The van der Waals surface area contributed by atoms with Crippen LogP contribution in [0.15, 0.2) is 0 Å². The summed E-state index contributed by atoms with van der Waals surface area (Å²) in [6, 6.07) is 0. The molecule has 0 bridgehead atoms. The molecule has 94 valence electrons. The molecule has 2 aliphatic carbocycles. The third-order valence-corrected chi connectivity index (χ3v) is 5.92. The molecule has 2 aliphatic rings. The first-order chi connectivity index (χ1) is 7.35. The van der Waals surface area contributed by atoms with Gasteiger partial charge in [-0.3, -0.25) is 0 Å². The molecule has 0 saturated heterocycles. The van der Waals surface area contributed by atoms with E-state index in [0.717, 1.165) is 17.8 Å². The molecule has 2 saturated carbocycles. The van der Waals surface area contributed by atoms with Crippen LogP contribution in [0, 0.1) is 28.6 Å². The first-order valence-corrected chi connectivity index (χ1v) is 7.35. The Kier molecular flexibility index (Phi) is 3.14. The standard InChI is InChI=1S/C16H30/c1-12(2)13-7-10-16(5)9-6-8-15(3,4)14(16)11-13/h12-14H,6-11H2,1-5H3/t13-,14+,16-/m1/s1. The maximum Gasteiger partial charge on any atom is -0.0292 e. The van der Waals surface area contributed by atoms with Crippen LogP contribution in [0.4, 0.5) is 0 Å². The Morgan fingerprint density at radius 1 is 1.00 bits per heavy atom. The summed E-state index contributed by atoms with van der Waals surface area (Å²) >= 11 is 0. The minimum absolute atomic E-state index is 0.598. The van der Waals surface area contributed by atoms with E-state index in [1.165, 1.54) is 38.5 Å². The summed E-state index contributed by atoms with van der Waals surface area (Å²) in [6.07, 6.45) is 8.89. The topological polar surface area (TPSA) is 0 Å². The molecule has 0 heteroatoms. The second-order valence-electron chi connectivity index (χ2n) is 7.83. The van der Waals surface area contributed by atoms with Crippen LogP contribution in [-0.2, 0) is 0 Å². The van der Waals surface area contributed by atoms with Gasteiger partial charge in [-0.2, -0.15) is 0 Å². The highest BCUT2D eigenvalue weighted by Gasteiger charge is 2.49. The van der Waals surface area contributed by atoms with Crippen LogP contribution in [0.2, 0.25) is 0 Å². The molecule has 0 radical (unpaired) electrons. The van der Waals surface area contributed by atoms with Gasteiger partial charge < -0.3 is 0 Å². The summed E-state index contributed by atoms with van der Waals surface area (Å²) in [6.45, 7) is 12.5. The molecule has 2 fully saturated rings. The van der Waals surface area contributed by atoms with Gasteiger partial charge in [0.2, 0.25) is 0 Å². The van der Waals surface area contributed by atoms with Crippen molar-refractivity contribution < 1.29 is 0 Å². The van der Waals surface area contributed by atoms with Gasteiger partial charge in [-0.25, -0.2) is 0 Å². The summed E-state index contributed by atoms with van der Waals surface area (Å²) in [5, 5.41) is 0. The normalized spacial score (nSPS) is 43.1. The largest absolute Gasteiger partial charge is 0.0625 e. The van der Waals surface area contributed by atoms with E-state index in [2.05, 4.69) is 34.6 Å². The molecular formula is C16H30. The Morgan fingerprint density at radius 2 is 1.69 bits per heavy atom. The molecule has 0 aromatic heterocycles. The predicted octanol–water partition coefficient (Wildman–Crippen LogP) is 5.28. The third-order valence-electron chi connectivity index (χ3n) is 5.92. The van der Waals surface area contributed by atoms with Gasteiger partial charge >= 0.3 is 0 Å². The Bertz CT molecular complexity index is 251. The van der Waals surface area contributed by atoms with Gasteiger partial charge in [0.05, 0.1) is 0 Å². The Hall–Kier alpha value is 0. The van der Waals surface area contributed by atoms with Crippen molar-refractivity contribution in [2.24, 2.45) is 28.6 Å². The summed E-state index contributed by atoms with van der Waals surface area (Å²) in [4.78, 5) is 0. The van der Waals surface area contributed by atoms with Crippen LogP contribution in [-0.4, -0.2) is 0 Å². The highest BCUT2D eigenvalue weighted by molar-refractivity contribution is 4.99. The number of rotatable bonds is 1. The molecular weight excluding hydrogens is 192 g/mol. The van der Waals surface area contributed by atoms with E-state index >= 15 is 0 Å². The van der Waals surface area contributed by atoms with Gasteiger partial charge in [0, 0.05) is 0 Å². The lowest BCUT2D eigenvalue weighted by molar-refractivity contribution is -0.0562. The van der Waals surface area contributed by atoms with Crippen molar-refractivity contribution in [3.05, 3.63) is 0 Å². The maximum atomic E-state index is 2.58. The average molecular weight is 222 g/mol. The van der Waals surface area contributed by atoms with Crippen LogP contribution in [0.3, 0.4) is 0 Å². The van der Waals surface area contributed by atoms with E-state index in [-0.39, 0.29) is 0 Å². The minimum atomic E-state index is 0.598. The molecule has 0 heterocycles. The van der Waals surface area contributed by atoms with Gasteiger partial charge in [0.25, 0.3) is 0 Å². The van der Waals surface area contributed by atoms with Crippen molar-refractivity contribution in [2.75, 3.05) is 0 Å². The van der Waals surface area contributed by atoms with Gasteiger partial charge in [-0.15, -0.1) is 0 Å². The van der Waals surface area contributed by atoms with Crippen LogP contribution >= 0.6 is 0 Å². The molecule has 0 aromatic rings.